The molecule has 0 aromatic carbocycles. The van der Waals surface area contributed by atoms with E-state index >= 15 is 0 Å². The molecule has 1 spiro atoms. The number of amides is 1. The van der Waals surface area contributed by atoms with Crippen LogP contribution in [-0.4, -0.2) is 42.0 Å². The molecule has 0 N–H and O–H groups in total. The maximum absolute atomic E-state index is 13.0. The van der Waals surface area contributed by atoms with Crippen LogP contribution in [0.3, 0.4) is 0 Å². The van der Waals surface area contributed by atoms with Gasteiger partial charge in [-0.05, 0) is 55.3 Å². The molecule has 2 aromatic rings. The molecule has 1 amide bonds. The van der Waals surface area contributed by atoms with Crippen molar-refractivity contribution in [1.29, 1.82) is 0 Å². The van der Waals surface area contributed by atoms with Gasteiger partial charge in [-0.1, -0.05) is 0 Å². The number of carbonyl (C=O) groups excluding carboxylic acids is 1. The van der Waals surface area contributed by atoms with Gasteiger partial charge in [0, 0.05) is 36.6 Å². The Balaban J connectivity index is 1.47. The number of hydrogen-bond donors (Lipinski definition) is 0. The van der Waals surface area contributed by atoms with Crippen LogP contribution in [0.1, 0.15) is 35.3 Å². The Morgan fingerprint density at radius 2 is 2.25 bits per heavy atom. The van der Waals surface area contributed by atoms with Gasteiger partial charge in [-0.3, -0.25) is 9.78 Å². The highest BCUT2D eigenvalue weighted by atomic mass is 32.1. The molecule has 1 unspecified atom stereocenters. The number of nitrogens with zero attached hydrogens (tertiary/aromatic N) is 3. The molecule has 124 valence electrons. The highest BCUT2D eigenvalue weighted by Gasteiger charge is 2.50. The number of fused-ring (bicyclic) bond motifs is 2. The van der Waals surface area contributed by atoms with Crippen molar-refractivity contribution in [2.24, 2.45) is 5.92 Å². The van der Waals surface area contributed by atoms with E-state index in [1.165, 1.54) is 19.4 Å². The lowest BCUT2D eigenvalue weighted by atomic mass is 9.85. The average Bonchev–Trinajstić information content (AvgIpc) is 3.04. The van der Waals surface area contributed by atoms with E-state index in [9.17, 15) is 4.79 Å². The van der Waals surface area contributed by atoms with Crippen LogP contribution in [0.5, 0.6) is 0 Å². The Hall–Kier alpha value is -1.72. The summed E-state index contributed by atoms with van der Waals surface area (Å²) in [6, 6.07) is 5.93. The lowest BCUT2D eigenvalue weighted by Crippen LogP contribution is -2.39. The van der Waals surface area contributed by atoms with E-state index in [1.807, 2.05) is 34.0 Å². The predicted octanol–water partition coefficient (Wildman–Crippen LogP) is 3.16. The minimum Gasteiger partial charge on any atom is -0.305 e. The Bertz CT molecular complexity index is 771. The average molecular weight is 339 g/mol. The van der Waals surface area contributed by atoms with E-state index in [2.05, 4.69) is 11.0 Å². The molecule has 1 atom stereocenters. The fourth-order valence-corrected chi connectivity index (χ4v) is 4.94. The zero-order valence-electron chi connectivity index (χ0n) is 13.6. The van der Waals surface area contributed by atoms with Crippen LogP contribution in [0.2, 0.25) is 0 Å². The van der Waals surface area contributed by atoms with Gasteiger partial charge in [0.05, 0.1) is 16.9 Å². The smallest absolute Gasteiger partial charge is 0.259 e. The number of anilines is 1. The first-order valence-electron chi connectivity index (χ1n) is 8.77. The van der Waals surface area contributed by atoms with Crippen molar-refractivity contribution < 1.29 is 4.79 Å². The summed E-state index contributed by atoms with van der Waals surface area (Å²) in [6.07, 6.45) is 5.77. The van der Waals surface area contributed by atoms with Gasteiger partial charge in [-0.2, -0.15) is 11.3 Å². The van der Waals surface area contributed by atoms with Gasteiger partial charge < -0.3 is 9.80 Å². The highest BCUT2D eigenvalue weighted by molar-refractivity contribution is 7.08. The van der Waals surface area contributed by atoms with E-state index < -0.39 is 0 Å². The summed E-state index contributed by atoms with van der Waals surface area (Å²) in [7, 11) is 0. The molecule has 4 nitrogen and oxygen atoms in total. The molecule has 0 radical (unpaired) electrons. The first kappa shape index (κ1) is 14.6. The lowest BCUT2D eigenvalue weighted by Gasteiger charge is -2.25. The van der Waals surface area contributed by atoms with Crippen molar-refractivity contribution >= 4 is 22.9 Å². The van der Waals surface area contributed by atoms with Crippen LogP contribution in [0.4, 0.5) is 5.69 Å². The second kappa shape index (κ2) is 5.39. The Morgan fingerprint density at radius 3 is 3.04 bits per heavy atom. The summed E-state index contributed by atoms with van der Waals surface area (Å²) in [6.45, 7) is 4.17. The van der Waals surface area contributed by atoms with Crippen LogP contribution in [0, 0.1) is 5.92 Å². The maximum atomic E-state index is 13.0. The molecule has 1 saturated carbocycles. The zero-order chi connectivity index (χ0) is 16.1. The van der Waals surface area contributed by atoms with E-state index in [1.54, 1.807) is 11.3 Å². The van der Waals surface area contributed by atoms with E-state index in [-0.39, 0.29) is 11.3 Å². The SMILES string of the molecule is O=C(c1ccsc1)N1CC2(CCN(CC3CC3)C2)c2ncccc21. The molecular formula is C19H21N3OS. The van der Waals surface area contributed by atoms with Crippen molar-refractivity contribution in [3.05, 3.63) is 46.4 Å². The number of thiophene rings is 1. The molecule has 5 heteroatoms. The van der Waals surface area contributed by atoms with Crippen LogP contribution in [-0.2, 0) is 5.41 Å². The minimum absolute atomic E-state index is 0.0250. The first-order valence-corrected chi connectivity index (χ1v) is 9.71. The van der Waals surface area contributed by atoms with Crippen LogP contribution in [0.15, 0.2) is 35.2 Å². The van der Waals surface area contributed by atoms with Gasteiger partial charge >= 0.3 is 0 Å². The number of aromatic nitrogens is 1. The highest BCUT2D eigenvalue weighted by Crippen LogP contribution is 2.46. The topological polar surface area (TPSA) is 36.4 Å². The predicted molar refractivity (Wildman–Crippen MR) is 95.7 cm³/mol. The zero-order valence-corrected chi connectivity index (χ0v) is 14.5. The van der Waals surface area contributed by atoms with Gasteiger partial charge in [0.15, 0.2) is 0 Å². The molecule has 1 aliphatic carbocycles. The van der Waals surface area contributed by atoms with Crippen molar-refractivity contribution in [3.63, 3.8) is 0 Å². The molecule has 2 fully saturated rings. The number of hydrogen-bond acceptors (Lipinski definition) is 4. The molecule has 2 aliphatic heterocycles. The quantitative estimate of drug-likeness (QED) is 0.862. The van der Waals surface area contributed by atoms with Crippen LogP contribution >= 0.6 is 11.3 Å². The molecule has 2 aromatic heterocycles. The fourth-order valence-electron chi connectivity index (χ4n) is 4.31. The van der Waals surface area contributed by atoms with E-state index in [0.717, 1.165) is 48.9 Å². The maximum Gasteiger partial charge on any atom is 0.259 e. The summed E-state index contributed by atoms with van der Waals surface area (Å²) in [4.78, 5) is 22.2. The van der Waals surface area contributed by atoms with Crippen LogP contribution in [0.25, 0.3) is 0 Å². The van der Waals surface area contributed by atoms with Crippen molar-refractivity contribution in [2.45, 2.75) is 24.7 Å². The van der Waals surface area contributed by atoms with Gasteiger partial charge in [-0.15, -0.1) is 0 Å². The Kier molecular flexibility index (Phi) is 3.28. The third kappa shape index (κ3) is 2.30. The molecule has 0 bridgehead atoms. The largest absolute Gasteiger partial charge is 0.305 e. The normalized spacial score (nSPS) is 26.2. The number of pyridine rings is 1. The van der Waals surface area contributed by atoms with Gasteiger partial charge in [0.2, 0.25) is 0 Å². The van der Waals surface area contributed by atoms with Crippen LogP contribution < -0.4 is 4.90 Å². The summed E-state index contributed by atoms with van der Waals surface area (Å²) in [5, 5.41) is 3.91. The molecule has 3 aliphatic rings. The minimum atomic E-state index is 0.0250. The monoisotopic (exact) mass is 339 g/mol. The number of likely N-dealkylation sites (tertiary alicyclic amines) is 1. The lowest BCUT2D eigenvalue weighted by molar-refractivity contribution is 0.0985. The number of carbonyl (C=O) groups is 1. The number of rotatable bonds is 3. The van der Waals surface area contributed by atoms with Crippen molar-refractivity contribution in [2.75, 3.05) is 31.1 Å². The van der Waals surface area contributed by atoms with E-state index in [4.69, 9.17) is 4.98 Å². The third-order valence-electron chi connectivity index (χ3n) is 5.70. The van der Waals surface area contributed by atoms with Gasteiger partial charge in [0.25, 0.3) is 5.91 Å². The second-order valence-corrected chi connectivity index (χ2v) is 8.26. The molecule has 1 saturated heterocycles. The summed E-state index contributed by atoms with van der Waals surface area (Å²) < 4.78 is 0. The van der Waals surface area contributed by atoms with E-state index in [0.29, 0.717) is 0 Å². The molecule has 24 heavy (non-hydrogen) atoms. The Morgan fingerprint density at radius 1 is 1.33 bits per heavy atom. The molecular weight excluding hydrogens is 318 g/mol. The van der Waals surface area contributed by atoms with Crippen molar-refractivity contribution in [3.8, 4) is 0 Å². The van der Waals surface area contributed by atoms with Gasteiger partial charge in [-0.25, -0.2) is 0 Å². The summed E-state index contributed by atoms with van der Waals surface area (Å²) in [5.41, 5.74) is 2.96. The third-order valence-corrected chi connectivity index (χ3v) is 6.38. The standard InChI is InChI=1S/C19H21N3OS/c23-18(15-5-9-24-11-15)22-13-19(17-16(22)2-1-7-20-17)6-8-21(12-19)10-14-3-4-14/h1-2,5,7,9,11,14H,3-4,6,8,10,12-13H2. The summed E-state index contributed by atoms with van der Waals surface area (Å²) >= 11 is 1.57. The second-order valence-electron chi connectivity index (χ2n) is 7.48. The fraction of sp³-hybridized carbons (Fsp3) is 0.474. The molecule has 4 heterocycles. The molecule has 5 rings (SSSR count). The Labute approximate surface area is 146 Å². The summed E-state index contributed by atoms with van der Waals surface area (Å²) in [5.74, 6) is 1.02. The van der Waals surface area contributed by atoms with Crippen molar-refractivity contribution in [1.82, 2.24) is 9.88 Å². The first-order chi connectivity index (χ1) is 11.8. The van der Waals surface area contributed by atoms with Gasteiger partial charge in [0.1, 0.15) is 0 Å².